The molecule has 0 spiro atoms. The first-order valence-electron chi connectivity index (χ1n) is 5.57. The van der Waals surface area contributed by atoms with Crippen LogP contribution >= 0.6 is 0 Å². The van der Waals surface area contributed by atoms with Crippen molar-refractivity contribution in [3.8, 4) is 0 Å². The number of aliphatic hydroxyl groups is 1. The quantitative estimate of drug-likeness (QED) is 0.485. The van der Waals surface area contributed by atoms with Crippen LogP contribution in [0, 0.1) is 0 Å². The predicted octanol–water partition coefficient (Wildman–Crippen LogP) is 2.27. The van der Waals surface area contributed by atoms with Gasteiger partial charge in [0.05, 0.1) is 6.61 Å². The highest BCUT2D eigenvalue weighted by molar-refractivity contribution is 5.74. The van der Waals surface area contributed by atoms with Crippen LogP contribution in [-0.4, -0.2) is 23.8 Å². The van der Waals surface area contributed by atoms with Crippen molar-refractivity contribution in [2.24, 2.45) is 0 Å². The maximum absolute atomic E-state index is 11.1. The minimum absolute atomic E-state index is 0.440. The Morgan fingerprint density at radius 3 is 2.43 bits per heavy atom. The zero-order chi connectivity index (χ0) is 10.8. The van der Waals surface area contributed by atoms with Crippen LogP contribution in [0.15, 0.2) is 0 Å². The number of unbranched alkanes of at least 4 members (excludes halogenated alkanes) is 3. The summed E-state index contributed by atoms with van der Waals surface area (Å²) in [5.41, 5.74) is 0. The van der Waals surface area contributed by atoms with E-state index in [0.29, 0.717) is 13.0 Å². The van der Waals surface area contributed by atoms with Crippen LogP contribution in [0.5, 0.6) is 0 Å². The Labute approximate surface area is 86.5 Å². The summed E-state index contributed by atoms with van der Waals surface area (Å²) < 4.78 is 4.91. The van der Waals surface area contributed by atoms with E-state index in [9.17, 15) is 9.90 Å². The van der Waals surface area contributed by atoms with Crippen molar-refractivity contribution in [1.29, 1.82) is 0 Å². The molecule has 0 aromatic heterocycles. The maximum atomic E-state index is 11.1. The predicted molar refractivity (Wildman–Crippen MR) is 56.0 cm³/mol. The first kappa shape index (κ1) is 13.4. The number of aliphatic hydroxyl groups excluding tert-OH is 1. The highest BCUT2D eigenvalue weighted by Crippen LogP contribution is 2.03. The molecule has 0 unspecified atom stereocenters. The fraction of sp³-hybridized carbons (Fsp3) is 0.909. The van der Waals surface area contributed by atoms with Crippen LogP contribution in [0.25, 0.3) is 0 Å². The lowest BCUT2D eigenvalue weighted by Crippen LogP contribution is -2.23. The number of carbonyl (C=O) groups excluding carboxylic acids is 1. The third-order valence-electron chi connectivity index (χ3n) is 2.10. The van der Waals surface area contributed by atoms with Gasteiger partial charge >= 0.3 is 5.97 Å². The number of ether oxygens (including phenoxy) is 1. The number of hydrogen-bond donors (Lipinski definition) is 1. The van der Waals surface area contributed by atoms with Crippen LogP contribution in [0.4, 0.5) is 0 Å². The highest BCUT2D eigenvalue weighted by Gasteiger charge is 2.14. The molecule has 0 bridgehead atoms. The van der Waals surface area contributed by atoms with Gasteiger partial charge in [0.25, 0.3) is 0 Å². The van der Waals surface area contributed by atoms with Crippen LogP contribution < -0.4 is 0 Å². The maximum Gasteiger partial charge on any atom is 0.334 e. The largest absolute Gasteiger partial charge is 0.464 e. The smallest absolute Gasteiger partial charge is 0.334 e. The van der Waals surface area contributed by atoms with Gasteiger partial charge in [0.15, 0.2) is 6.10 Å². The minimum atomic E-state index is -0.920. The Kier molecular flexibility index (Phi) is 8.64. The summed E-state index contributed by atoms with van der Waals surface area (Å²) >= 11 is 0. The van der Waals surface area contributed by atoms with Crippen molar-refractivity contribution in [3.05, 3.63) is 0 Å². The second-order valence-electron chi connectivity index (χ2n) is 3.53. The molecule has 0 rings (SSSR count). The van der Waals surface area contributed by atoms with Gasteiger partial charge in [-0.05, 0) is 12.8 Å². The number of carbonyl (C=O) groups is 1. The molecular weight excluding hydrogens is 180 g/mol. The van der Waals surface area contributed by atoms with Crippen molar-refractivity contribution in [2.45, 2.75) is 58.5 Å². The molecule has 0 aliphatic rings. The Morgan fingerprint density at radius 1 is 1.21 bits per heavy atom. The van der Waals surface area contributed by atoms with Gasteiger partial charge in [-0.1, -0.05) is 39.5 Å². The fourth-order valence-electron chi connectivity index (χ4n) is 1.14. The SMILES string of the molecule is CCCCCOC(=O)[C@@H](O)CCCC. The van der Waals surface area contributed by atoms with E-state index >= 15 is 0 Å². The van der Waals surface area contributed by atoms with Crippen LogP contribution in [0.3, 0.4) is 0 Å². The monoisotopic (exact) mass is 202 g/mol. The van der Waals surface area contributed by atoms with Crippen LogP contribution in [0.1, 0.15) is 52.4 Å². The van der Waals surface area contributed by atoms with Crippen molar-refractivity contribution in [3.63, 3.8) is 0 Å². The molecule has 0 aromatic carbocycles. The van der Waals surface area contributed by atoms with E-state index in [-0.39, 0.29) is 0 Å². The Hall–Kier alpha value is -0.570. The first-order valence-corrected chi connectivity index (χ1v) is 5.57. The molecule has 1 atom stereocenters. The summed E-state index contributed by atoms with van der Waals surface area (Å²) in [7, 11) is 0. The molecule has 0 heterocycles. The van der Waals surface area contributed by atoms with E-state index in [4.69, 9.17) is 4.74 Å². The van der Waals surface area contributed by atoms with Crippen LogP contribution in [-0.2, 0) is 9.53 Å². The molecule has 0 saturated heterocycles. The minimum Gasteiger partial charge on any atom is -0.464 e. The van der Waals surface area contributed by atoms with E-state index in [1.807, 2.05) is 6.92 Å². The van der Waals surface area contributed by atoms with E-state index in [2.05, 4.69) is 6.92 Å². The highest BCUT2D eigenvalue weighted by atomic mass is 16.5. The fourth-order valence-corrected chi connectivity index (χ4v) is 1.14. The molecule has 0 radical (unpaired) electrons. The lowest BCUT2D eigenvalue weighted by Gasteiger charge is -2.09. The summed E-state index contributed by atoms with van der Waals surface area (Å²) in [6, 6.07) is 0. The summed E-state index contributed by atoms with van der Waals surface area (Å²) in [5, 5.41) is 9.33. The molecule has 3 nitrogen and oxygen atoms in total. The van der Waals surface area contributed by atoms with Gasteiger partial charge in [0.2, 0.25) is 0 Å². The summed E-state index contributed by atoms with van der Waals surface area (Å²) in [6.07, 6.45) is 4.52. The number of rotatable bonds is 8. The number of hydrogen-bond acceptors (Lipinski definition) is 3. The van der Waals surface area contributed by atoms with E-state index in [0.717, 1.165) is 32.1 Å². The molecule has 3 heteroatoms. The second-order valence-corrected chi connectivity index (χ2v) is 3.53. The third-order valence-corrected chi connectivity index (χ3v) is 2.10. The molecule has 0 aliphatic heterocycles. The Bertz CT molecular complexity index is 145. The molecule has 0 saturated carbocycles. The van der Waals surface area contributed by atoms with Gasteiger partial charge in [-0.3, -0.25) is 0 Å². The molecule has 0 fully saturated rings. The first-order chi connectivity index (χ1) is 6.72. The van der Waals surface area contributed by atoms with Crippen LogP contribution in [0.2, 0.25) is 0 Å². The molecule has 0 amide bonds. The van der Waals surface area contributed by atoms with Gasteiger partial charge < -0.3 is 9.84 Å². The summed E-state index contributed by atoms with van der Waals surface area (Å²) in [6.45, 7) is 4.56. The normalized spacial score (nSPS) is 12.5. The van der Waals surface area contributed by atoms with Gasteiger partial charge in [-0.25, -0.2) is 4.79 Å². The zero-order valence-electron chi connectivity index (χ0n) is 9.29. The number of esters is 1. The van der Waals surface area contributed by atoms with Crippen molar-refractivity contribution in [1.82, 2.24) is 0 Å². The molecule has 1 N–H and O–H groups in total. The average Bonchev–Trinajstić information content (AvgIpc) is 2.20. The van der Waals surface area contributed by atoms with Crippen molar-refractivity contribution in [2.75, 3.05) is 6.61 Å². The lowest BCUT2D eigenvalue weighted by atomic mass is 10.2. The topological polar surface area (TPSA) is 46.5 Å². The average molecular weight is 202 g/mol. The van der Waals surface area contributed by atoms with E-state index in [1.165, 1.54) is 0 Å². The van der Waals surface area contributed by atoms with Crippen molar-refractivity contribution >= 4 is 5.97 Å². The molecule has 84 valence electrons. The molecule has 0 aromatic rings. The zero-order valence-corrected chi connectivity index (χ0v) is 9.29. The molecule has 14 heavy (non-hydrogen) atoms. The summed E-state index contributed by atoms with van der Waals surface area (Å²) in [4.78, 5) is 11.1. The standard InChI is InChI=1S/C11H22O3/c1-3-5-7-9-14-11(13)10(12)8-6-4-2/h10,12H,3-9H2,1-2H3/t10-/m0/s1. The van der Waals surface area contributed by atoms with Crippen molar-refractivity contribution < 1.29 is 14.6 Å². The van der Waals surface area contributed by atoms with E-state index < -0.39 is 12.1 Å². The molecule has 0 aliphatic carbocycles. The Morgan fingerprint density at radius 2 is 1.86 bits per heavy atom. The van der Waals surface area contributed by atoms with Gasteiger partial charge in [-0.15, -0.1) is 0 Å². The molecular formula is C11H22O3. The summed E-state index contributed by atoms with van der Waals surface area (Å²) in [5.74, 6) is -0.463. The third kappa shape index (κ3) is 6.89. The Balaban J connectivity index is 3.42. The lowest BCUT2D eigenvalue weighted by molar-refractivity contribution is -0.154. The van der Waals surface area contributed by atoms with Gasteiger partial charge in [0.1, 0.15) is 0 Å². The van der Waals surface area contributed by atoms with E-state index in [1.54, 1.807) is 0 Å². The van der Waals surface area contributed by atoms with Gasteiger partial charge in [0, 0.05) is 0 Å². The second kappa shape index (κ2) is 9.00. The van der Waals surface area contributed by atoms with Gasteiger partial charge in [-0.2, -0.15) is 0 Å².